The normalized spacial score (nSPS) is 30.5. The van der Waals surface area contributed by atoms with Crippen LogP contribution in [0.2, 0.25) is 0 Å². The Hall–Kier alpha value is -1.32. The van der Waals surface area contributed by atoms with Crippen LogP contribution in [-0.4, -0.2) is 25.2 Å². The highest BCUT2D eigenvalue weighted by atomic mass is 16.5. The molecule has 0 radical (unpaired) electrons. The molecule has 0 aromatic rings. The van der Waals surface area contributed by atoms with Crippen molar-refractivity contribution < 1.29 is 19.1 Å². The molecule has 2 rings (SSSR count). The van der Waals surface area contributed by atoms with Crippen LogP contribution in [0, 0.1) is 34.0 Å². The molecule has 2 aliphatic carbocycles. The van der Waals surface area contributed by atoms with Gasteiger partial charge in [0.05, 0.1) is 24.5 Å². The lowest BCUT2D eigenvalue weighted by atomic mass is 9.65. The average molecular weight is 365 g/mol. The number of carbonyl (C=O) groups is 2. The molecule has 2 bridgehead atoms. The molecule has 1 saturated carbocycles. The minimum absolute atomic E-state index is 0.0760. The van der Waals surface area contributed by atoms with E-state index in [1.807, 2.05) is 41.5 Å². The first-order valence-electron chi connectivity index (χ1n) is 9.93. The molecule has 0 heterocycles. The summed E-state index contributed by atoms with van der Waals surface area (Å²) in [7, 11) is 0. The molecule has 0 aromatic heterocycles. The van der Waals surface area contributed by atoms with Crippen molar-refractivity contribution in [2.45, 2.75) is 67.7 Å². The molecule has 0 N–H and O–H groups in total. The van der Waals surface area contributed by atoms with Crippen LogP contribution in [0.1, 0.15) is 67.7 Å². The van der Waals surface area contributed by atoms with Crippen molar-refractivity contribution in [3.8, 4) is 0 Å². The third-order valence-corrected chi connectivity index (χ3v) is 5.34. The fourth-order valence-corrected chi connectivity index (χ4v) is 4.28. The number of esters is 2. The first-order chi connectivity index (χ1) is 11.9. The highest BCUT2D eigenvalue weighted by molar-refractivity contribution is 5.88. The van der Waals surface area contributed by atoms with Crippen LogP contribution in [0.3, 0.4) is 0 Å². The summed E-state index contributed by atoms with van der Waals surface area (Å²) in [5.74, 6) is -0.720. The molecule has 0 aromatic carbocycles. The summed E-state index contributed by atoms with van der Waals surface area (Å²) < 4.78 is 11.4. The molecule has 0 spiro atoms. The maximum absolute atomic E-state index is 13.2. The standard InChI is InChI=1S/C22H36O4/c1-8-11-22(19(24)26-14-21(5,6)7)16-10-9-15(12-16)17(22)18(23)25-13-20(2,3)4/h9-10,15-17H,8,11-14H2,1-7H3. The number of hydrogen-bond donors (Lipinski definition) is 0. The maximum atomic E-state index is 13.2. The first-order valence-corrected chi connectivity index (χ1v) is 9.93. The third-order valence-electron chi connectivity index (χ3n) is 5.34. The Morgan fingerprint density at radius 1 is 1.00 bits per heavy atom. The molecule has 4 nitrogen and oxygen atoms in total. The van der Waals surface area contributed by atoms with Crippen LogP contribution in [-0.2, 0) is 19.1 Å². The molecule has 4 unspecified atom stereocenters. The van der Waals surface area contributed by atoms with Crippen LogP contribution >= 0.6 is 0 Å². The smallest absolute Gasteiger partial charge is 0.313 e. The molecule has 26 heavy (non-hydrogen) atoms. The van der Waals surface area contributed by atoms with Gasteiger partial charge in [-0.2, -0.15) is 0 Å². The van der Waals surface area contributed by atoms with Gasteiger partial charge in [0.15, 0.2) is 0 Å². The number of fused-ring (bicyclic) bond motifs is 2. The second-order valence-corrected chi connectivity index (χ2v) is 10.5. The summed E-state index contributed by atoms with van der Waals surface area (Å²) in [4.78, 5) is 26.3. The third kappa shape index (κ3) is 4.32. The molecule has 2 aliphatic rings. The fourth-order valence-electron chi connectivity index (χ4n) is 4.28. The van der Waals surface area contributed by atoms with Gasteiger partial charge < -0.3 is 9.47 Å². The van der Waals surface area contributed by atoms with E-state index in [1.165, 1.54) is 0 Å². The second kappa shape index (κ2) is 7.36. The van der Waals surface area contributed by atoms with Crippen LogP contribution in [0.4, 0.5) is 0 Å². The molecule has 1 fully saturated rings. The summed E-state index contributed by atoms with van der Waals surface area (Å²) in [5.41, 5.74) is -0.962. The van der Waals surface area contributed by atoms with Gasteiger partial charge in [0.25, 0.3) is 0 Å². The number of rotatable bonds is 6. The number of hydrogen-bond acceptors (Lipinski definition) is 4. The van der Waals surface area contributed by atoms with Gasteiger partial charge in [-0.3, -0.25) is 9.59 Å². The Morgan fingerprint density at radius 3 is 2.12 bits per heavy atom. The average Bonchev–Trinajstić information content (AvgIpc) is 3.09. The Labute approximate surface area is 158 Å². The second-order valence-electron chi connectivity index (χ2n) is 10.5. The summed E-state index contributed by atoms with van der Waals surface area (Å²) in [6.07, 6.45) is 6.56. The molecule has 0 amide bonds. The molecular weight excluding hydrogens is 328 g/mol. The van der Waals surface area contributed by atoms with Crippen molar-refractivity contribution in [3.05, 3.63) is 12.2 Å². The first kappa shape index (κ1) is 21.0. The minimum Gasteiger partial charge on any atom is -0.465 e. The summed E-state index contributed by atoms with van der Waals surface area (Å²) in [5, 5.41) is 0. The van der Waals surface area contributed by atoms with E-state index in [0.717, 1.165) is 12.8 Å². The lowest BCUT2D eigenvalue weighted by Crippen LogP contribution is -2.48. The number of ether oxygens (including phenoxy) is 2. The van der Waals surface area contributed by atoms with E-state index < -0.39 is 11.3 Å². The highest BCUT2D eigenvalue weighted by Crippen LogP contribution is 2.59. The Bertz CT molecular complexity index is 564. The Kier molecular flexibility index (Phi) is 5.94. The van der Waals surface area contributed by atoms with Crippen LogP contribution in [0.25, 0.3) is 0 Å². The minimum atomic E-state index is -0.769. The van der Waals surface area contributed by atoms with E-state index in [-0.39, 0.29) is 34.6 Å². The van der Waals surface area contributed by atoms with E-state index in [0.29, 0.717) is 19.6 Å². The highest BCUT2D eigenvalue weighted by Gasteiger charge is 2.64. The molecule has 148 valence electrons. The van der Waals surface area contributed by atoms with Gasteiger partial charge in [-0.15, -0.1) is 0 Å². The van der Waals surface area contributed by atoms with Gasteiger partial charge in [-0.25, -0.2) is 0 Å². The van der Waals surface area contributed by atoms with Crippen molar-refractivity contribution in [2.24, 2.45) is 34.0 Å². The SMILES string of the molecule is CCCC1(C(=O)OCC(C)(C)C)C2C=CC(C2)C1C(=O)OCC(C)(C)C. The Balaban J connectivity index is 2.27. The van der Waals surface area contributed by atoms with Crippen molar-refractivity contribution in [1.82, 2.24) is 0 Å². The predicted octanol–water partition coefficient (Wildman–Crippen LogP) is 4.77. The Morgan fingerprint density at radius 2 is 1.58 bits per heavy atom. The quantitative estimate of drug-likeness (QED) is 0.503. The maximum Gasteiger partial charge on any atom is 0.313 e. The van der Waals surface area contributed by atoms with Gasteiger partial charge in [0.1, 0.15) is 0 Å². The van der Waals surface area contributed by atoms with E-state index in [4.69, 9.17) is 9.47 Å². The number of carbonyl (C=O) groups excluding carboxylic acids is 2. The summed E-state index contributed by atoms with van der Waals surface area (Å²) in [6, 6.07) is 0. The van der Waals surface area contributed by atoms with Crippen molar-refractivity contribution in [3.63, 3.8) is 0 Å². The largest absolute Gasteiger partial charge is 0.465 e. The van der Waals surface area contributed by atoms with Crippen LogP contribution in [0.5, 0.6) is 0 Å². The van der Waals surface area contributed by atoms with Crippen molar-refractivity contribution >= 4 is 11.9 Å². The van der Waals surface area contributed by atoms with Gasteiger partial charge in [0.2, 0.25) is 0 Å². The molecular formula is C22H36O4. The van der Waals surface area contributed by atoms with Crippen LogP contribution in [0.15, 0.2) is 12.2 Å². The van der Waals surface area contributed by atoms with Gasteiger partial charge in [0, 0.05) is 0 Å². The topological polar surface area (TPSA) is 52.6 Å². The predicted molar refractivity (Wildman–Crippen MR) is 102 cm³/mol. The molecule has 0 aliphatic heterocycles. The zero-order valence-corrected chi connectivity index (χ0v) is 17.6. The molecule has 4 atom stereocenters. The van der Waals surface area contributed by atoms with E-state index in [2.05, 4.69) is 19.1 Å². The monoisotopic (exact) mass is 364 g/mol. The van der Waals surface area contributed by atoms with Crippen molar-refractivity contribution in [2.75, 3.05) is 13.2 Å². The fraction of sp³-hybridized carbons (Fsp3) is 0.818. The zero-order chi connectivity index (χ0) is 19.8. The molecule has 0 saturated heterocycles. The van der Waals surface area contributed by atoms with E-state index in [9.17, 15) is 9.59 Å². The summed E-state index contributed by atoms with van der Waals surface area (Å²) >= 11 is 0. The van der Waals surface area contributed by atoms with Crippen molar-refractivity contribution in [1.29, 1.82) is 0 Å². The lowest BCUT2D eigenvalue weighted by molar-refractivity contribution is -0.175. The zero-order valence-electron chi connectivity index (χ0n) is 17.6. The number of allylic oxidation sites excluding steroid dienone is 2. The van der Waals surface area contributed by atoms with Gasteiger partial charge >= 0.3 is 11.9 Å². The summed E-state index contributed by atoms with van der Waals surface area (Å²) in [6.45, 7) is 15.0. The van der Waals surface area contributed by atoms with E-state index in [1.54, 1.807) is 0 Å². The molecule has 4 heteroatoms. The van der Waals surface area contributed by atoms with Crippen LogP contribution < -0.4 is 0 Å². The van der Waals surface area contributed by atoms with E-state index >= 15 is 0 Å². The van der Waals surface area contributed by atoms with Gasteiger partial charge in [-0.05, 0) is 35.5 Å². The lowest BCUT2D eigenvalue weighted by Gasteiger charge is -2.39. The van der Waals surface area contributed by atoms with Gasteiger partial charge in [-0.1, -0.05) is 67.0 Å².